The second-order valence-electron chi connectivity index (χ2n) is 6.76. The molecule has 1 aliphatic heterocycles. The Bertz CT molecular complexity index is 886. The van der Waals surface area contributed by atoms with Crippen molar-refractivity contribution in [2.75, 3.05) is 26.2 Å². The minimum Gasteiger partial charge on any atom is -0.490 e. The van der Waals surface area contributed by atoms with E-state index < -0.39 is 10.8 Å². The minimum atomic E-state index is -0.548. The highest BCUT2D eigenvalue weighted by Gasteiger charge is 2.22. The fourth-order valence-electron chi connectivity index (χ4n) is 3.24. The number of nitro benzene ring substituents is 1. The van der Waals surface area contributed by atoms with Crippen molar-refractivity contribution in [2.45, 2.75) is 18.9 Å². The van der Waals surface area contributed by atoms with E-state index in [4.69, 9.17) is 27.9 Å². The van der Waals surface area contributed by atoms with Gasteiger partial charge in [0.15, 0.2) is 0 Å². The SMILES string of the molecule is O=C(NCCN1CCC(Oc2ccc(Cl)c(Cl)c2)CC1)c1ccccc1[N+](=O)[O-]. The maximum Gasteiger partial charge on any atom is 0.282 e. The van der Waals surface area contributed by atoms with E-state index in [1.165, 1.54) is 12.1 Å². The highest BCUT2D eigenvalue weighted by molar-refractivity contribution is 6.42. The summed E-state index contributed by atoms with van der Waals surface area (Å²) in [5.74, 6) is 0.268. The number of piperidine rings is 1. The zero-order chi connectivity index (χ0) is 20.8. The van der Waals surface area contributed by atoms with Gasteiger partial charge in [-0.1, -0.05) is 35.3 Å². The Hall–Kier alpha value is -2.35. The van der Waals surface area contributed by atoms with E-state index in [-0.39, 0.29) is 17.4 Å². The van der Waals surface area contributed by atoms with Gasteiger partial charge in [-0.3, -0.25) is 14.9 Å². The monoisotopic (exact) mass is 437 g/mol. The van der Waals surface area contributed by atoms with Crippen LogP contribution in [0, 0.1) is 10.1 Å². The number of hydrogen-bond donors (Lipinski definition) is 1. The highest BCUT2D eigenvalue weighted by Crippen LogP contribution is 2.28. The number of halogens is 2. The van der Waals surface area contributed by atoms with Gasteiger partial charge in [0.25, 0.3) is 11.6 Å². The van der Waals surface area contributed by atoms with Crippen molar-refractivity contribution in [3.05, 3.63) is 68.2 Å². The molecule has 1 N–H and O–H groups in total. The molecule has 0 radical (unpaired) electrons. The number of nitrogens with one attached hydrogen (secondary N) is 1. The quantitative estimate of drug-likeness (QED) is 0.518. The Labute approximate surface area is 178 Å². The van der Waals surface area contributed by atoms with E-state index in [9.17, 15) is 14.9 Å². The number of para-hydroxylation sites is 1. The Morgan fingerprint density at radius 3 is 2.59 bits per heavy atom. The van der Waals surface area contributed by atoms with Gasteiger partial charge in [-0.15, -0.1) is 0 Å². The number of benzene rings is 2. The van der Waals surface area contributed by atoms with Gasteiger partial charge in [0.2, 0.25) is 0 Å². The predicted octanol–water partition coefficient (Wildman–Crippen LogP) is 4.17. The molecule has 0 atom stereocenters. The summed E-state index contributed by atoms with van der Waals surface area (Å²) in [6, 6.07) is 11.2. The van der Waals surface area contributed by atoms with E-state index in [1.807, 2.05) is 0 Å². The van der Waals surface area contributed by atoms with Crippen LogP contribution in [-0.4, -0.2) is 48.0 Å². The van der Waals surface area contributed by atoms with Gasteiger partial charge in [-0.25, -0.2) is 0 Å². The second kappa shape index (κ2) is 9.91. The van der Waals surface area contributed by atoms with Crippen molar-refractivity contribution in [3.63, 3.8) is 0 Å². The van der Waals surface area contributed by atoms with Crippen molar-refractivity contribution >= 4 is 34.8 Å². The van der Waals surface area contributed by atoms with Crippen LogP contribution in [0.2, 0.25) is 10.0 Å². The van der Waals surface area contributed by atoms with Crippen LogP contribution in [0.5, 0.6) is 5.75 Å². The summed E-state index contributed by atoms with van der Waals surface area (Å²) in [5.41, 5.74) is -0.114. The lowest BCUT2D eigenvalue weighted by Gasteiger charge is -2.32. The summed E-state index contributed by atoms with van der Waals surface area (Å²) in [5, 5.41) is 14.8. The van der Waals surface area contributed by atoms with Crippen LogP contribution in [-0.2, 0) is 0 Å². The van der Waals surface area contributed by atoms with E-state index in [0.717, 1.165) is 25.9 Å². The van der Waals surface area contributed by atoms with Gasteiger partial charge in [-0.05, 0) is 31.0 Å². The number of rotatable bonds is 7. The highest BCUT2D eigenvalue weighted by atomic mass is 35.5. The standard InChI is InChI=1S/C20H21Cl2N3O4/c21-17-6-5-15(13-18(17)22)29-14-7-10-24(11-8-14)12-9-23-20(26)16-3-1-2-4-19(16)25(27)28/h1-6,13-14H,7-12H2,(H,23,26). The predicted molar refractivity (Wildman–Crippen MR) is 112 cm³/mol. The van der Waals surface area contributed by atoms with Crippen molar-refractivity contribution in [1.29, 1.82) is 0 Å². The van der Waals surface area contributed by atoms with Gasteiger partial charge >= 0.3 is 0 Å². The number of nitro groups is 1. The minimum absolute atomic E-state index is 0.0752. The van der Waals surface area contributed by atoms with Crippen molar-refractivity contribution in [1.82, 2.24) is 10.2 Å². The molecule has 1 aliphatic rings. The normalized spacial score (nSPS) is 15.1. The Morgan fingerprint density at radius 2 is 1.90 bits per heavy atom. The maximum absolute atomic E-state index is 12.2. The molecule has 0 aliphatic carbocycles. The summed E-state index contributed by atoms with van der Waals surface area (Å²) in [4.78, 5) is 25.0. The lowest BCUT2D eigenvalue weighted by molar-refractivity contribution is -0.385. The van der Waals surface area contributed by atoms with Gasteiger partial charge < -0.3 is 15.0 Å². The summed E-state index contributed by atoms with van der Waals surface area (Å²) in [7, 11) is 0. The fraction of sp³-hybridized carbons (Fsp3) is 0.350. The molecule has 0 aromatic heterocycles. The molecule has 0 spiro atoms. The smallest absolute Gasteiger partial charge is 0.282 e. The first-order valence-corrected chi connectivity index (χ1v) is 10.1. The molecule has 3 rings (SSSR count). The summed E-state index contributed by atoms with van der Waals surface area (Å²) < 4.78 is 5.97. The van der Waals surface area contributed by atoms with Crippen LogP contribution in [0.1, 0.15) is 23.2 Å². The summed E-state index contributed by atoms with van der Waals surface area (Å²) in [6.45, 7) is 2.77. The third kappa shape index (κ3) is 5.82. The molecular weight excluding hydrogens is 417 g/mol. The molecule has 1 heterocycles. The first kappa shape index (κ1) is 21.4. The van der Waals surface area contributed by atoms with E-state index >= 15 is 0 Å². The molecule has 29 heavy (non-hydrogen) atoms. The number of carbonyl (C=O) groups excluding carboxylic acids is 1. The zero-order valence-electron chi connectivity index (χ0n) is 15.6. The number of likely N-dealkylation sites (tertiary alicyclic amines) is 1. The molecule has 154 valence electrons. The third-order valence-electron chi connectivity index (χ3n) is 4.79. The van der Waals surface area contributed by atoms with Crippen LogP contribution in [0.4, 0.5) is 5.69 Å². The zero-order valence-corrected chi connectivity index (χ0v) is 17.2. The second-order valence-corrected chi connectivity index (χ2v) is 7.58. The van der Waals surface area contributed by atoms with Crippen molar-refractivity contribution in [3.8, 4) is 5.75 Å². The Morgan fingerprint density at radius 1 is 1.17 bits per heavy atom. The molecule has 1 saturated heterocycles. The lowest BCUT2D eigenvalue weighted by Crippen LogP contribution is -2.42. The number of ether oxygens (including phenoxy) is 1. The van der Waals surface area contributed by atoms with E-state index in [0.29, 0.717) is 28.9 Å². The molecule has 0 unspecified atom stereocenters. The van der Waals surface area contributed by atoms with Crippen LogP contribution < -0.4 is 10.1 Å². The van der Waals surface area contributed by atoms with Crippen LogP contribution in [0.15, 0.2) is 42.5 Å². The summed E-state index contributed by atoms with van der Waals surface area (Å²) in [6.07, 6.45) is 1.82. The van der Waals surface area contributed by atoms with E-state index in [2.05, 4.69) is 10.2 Å². The van der Waals surface area contributed by atoms with Crippen molar-refractivity contribution < 1.29 is 14.5 Å². The van der Waals surface area contributed by atoms with Gasteiger partial charge in [0, 0.05) is 38.3 Å². The Kier molecular flexibility index (Phi) is 7.30. The van der Waals surface area contributed by atoms with Gasteiger partial charge in [0.1, 0.15) is 17.4 Å². The Balaban J connectivity index is 1.42. The molecule has 2 aromatic carbocycles. The maximum atomic E-state index is 12.2. The molecule has 0 bridgehead atoms. The van der Waals surface area contributed by atoms with Crippen LogP contribution in [0.3, 0.4) is 0 Å². The molecule has 2 aromatic rings. The third-order valence-corrected chi connectivity index (χ3v) is 5.53. The molecule has 1 fully saturated rings. The van der Waals surface area contributed by atoms with Crippen LogP contribution in [0.25, 0.3) is 0 Å². The molecule has 0 saturated carbocycles. The largest absolute Gasteiger partial charge is 0.490 e. The van der Waals surface area contributed by atoms with Gasteiger partial charge in [0.05, 0.1) is 15.0 Å². The molecule has 7 nitrogen and oxygen atoms in total. The van der Waals surface area contributed by atoms with Gasteiger partial charge in [-0.2, -0.15) is 0 Å². The summed E-state index contributed by atoms with van der Waals surface area (Å²) >= 11 is 11.9. The number of amides is 1. The average Bonchev–Trinajstić information content (AvgIpc) is 2.72. The first-order chi connectivity index (χ1) is 13.9. The number of nitrogens with zero attached hydrogens (tertiary/aromatic N) is 2. The lowest BCUT2D eigenvalue weighted by atomic mass is 10.1. The number of hydrogen-bond acceptors (Lipinski definition) is 5. The molecule has 9 heteroatoms. The van der Waals surface area contributed by atoms with Crippen LogP contribution >= 0.6 is 23.2 Å². The van der Waals surface area contributed by atoms with E-state index in [1.54, 1.807) is 30.3 Å². The molecule has 1 amide bonds. The molecular formula is C20H21Cl2N3O4. The number of carbonyl (C=O) groups is 1. The average molecular weight is 438 g/mol. The topological polar surface area (TPSA) is 84.7 Å². The first-order valence-electron chi connectivity index (χ1n) is 9.29. The van der Waals surface area contributed by atoms with Crippen molar-refractivity contribution in [2.24, 2.45) is 0 Å². The fourth-order valence-corrected chi connectivity index (χ4v) is 3.53.